The lowest BCUT2D eigenvalue weighted by Crippen LogP contribution is -2.33. The number of thioether (sulfide) groups is 2. The average Bonchev–Trinajstić information content (AvgIpc) is 2.46. The summed E-state index contributed by atoms with van der Waals surface area (Å²) >= 11 is 9.62. The number of carbonyl (C=O) groups excluding carboxylic acids is 1. The van der Waals surface area contributed by atoms with Crippen LogP contribution in [0.25, 0.3) is 0 Å². The summed E-state index contributed by atoms with van der Waals surface area (Å²) in [6, 6.07) is 4.24. The van der Waals surface area contributed by atoms with Crippen molar-refractivity contribution >= 4 is 46.7 Å². The Kier molecular flexibility index (Phi) is 5.56. The quantitative estimate of drug-likeness (QED) is 0.678. The number of halogens is 1. The number of nitro benzene ring substituents is 1. The highest BCUT2D eigenvalue weighted by atomic mass is 35.5. The lowest BCUT2D eigenvalue weighted by atomic mass is 10.2. The second kappa shape index (κ2) is 7.19. The average molecular weight is 333 g/mol. The molecule has 108 valence electrons. The molecule has 0 aromatic heterocycles. The van der Waals surface area contributed by atoms with Gasteiger partial charge in [0.05, 0.1) is 10.5 Å². The molecular formula is C12H13ClN2O3S2. The molecule has 1 amide bonds. The maximum atomic E-state index is 12.0. The lowest BCUT2D eigenvalue weighted by Gasteiger charge is -2.21. The Labute approximate surface area is 130 Å². The molecule has 1 N–H and O–H groups in total. The molecule has 2 rings (SSSR count). The summed E-state index contributed by atoms with van der Waals surface area (Å²) in [6.07, 6.45) is 0. The standard InChI is InChI=1S/C12H13ClN2O3S2/c13-11-9(2-1-3-10(11)15(17)18)12(16)14-6-8-7-19-4-5-20-8/h1-3,8H,4-7H2,(H,14,16). The van der Waals surface area contributed by atoms with E-state index in [2.05, 4.69) is 5.32 Å². The van der Waals surface area contributed by atoms with Gasteiger partial charge in [-0.2, -0.15) is 23.5 Å². The van der Waals surface area contributed by atoms with Gasteiger partial charge in [-0.15, -0.1) is 0 Å². The van der Waals surface area contributed by atoms with Gasteiger partial charge in [0.1, 0.15) is 5.02 Å². The van der Waals surface area contributed by atoms with Crippen LogP contribution in [0.15, 0.2) is 18.2 Å². The van der Waals surface area contributed by atoms with E-state index in [0.717, 1.165) is 17.3 Å². The number of benzene rings is 1. The van der Waals surface area contributed by atoms with Crippen LogP contribution in [0, 0.1) is 10.1 Å². The third-order valence-corrected chi connectivity index (χ3v) is 6.04. The van der Waals surface area contributed by atoms with E-state index < -0.39 is 4.92 Å². The van der Waals surface area contributed by atoms with Crippen molar-refractivity contribution < 1.29 is 9.72 Å². The molecule has 0 spiro atoms. The van der Waals surface area contributed by atoms with Gasteiger partial charge in [0.2, 0.25) is 0 Å². The van der Waals surface area contributed by atoms with Gasteiger partial charge in [-0.05, 0) is 6.07 Å². The molecule has 1 aromatic carbocycles. The summed E-state index contributed by atoms with van der Waals surface area (Å²) in [5.41, 5.74) is -0.101. The van der Waals surface area contributed by atoms with E-state index in [9.17, 15) is 14.9 Å². The van der Waals surface area contributed by atoms with Crippen molar-refractivity contribution in [2.75, 3.05) is 23.8 Å². The first-order valence-electron chi connectivity index (χ1n) is 6.00. The Hall–Kier alpha value is -0.920. The van der Waals surface area contributed by atoms with Crippen LogP contribution in [-0.2, 0) is 0 Å². The summed E-state index contributed by atoms with van der Waals surface area (Å²) < 4.78 is 0. The Morgan fingerprint density at radius 1 is 1.50 bits per heavy atom. The van der Waals surface area contributed by atoms with E-state index in [-0.39, 0.29) is 22.2 Å². The first-order chi connectivity index (χ1) is 9.59. The summed E-state index contributed by atoms with van der Waals surface area (Å²) in [5.74, 6) is 2.87. The minimum atomic E-state index is -0.591. The smallest absolute Gasteiger partial charge is 0.288 e. The van der Waals surface area contributed by atoms with Crippen LogP contribution in [0.2, 0.25) is 5.02 Å². The van der Waals surface area contributed by atoms with Crippen LogP contribution in [0.1, 0.15) is 10.4 Å². The van der Waals surface area contributed by atoms with Gasteiger partial charge in [0, 0.05) is 35.1 Å². The Morgan fingerprint density at radius 3 is 2.95 bits per heavy atom. The first-order valence-corrected chi connectivity index (χ1v) is 8.58. The zero-order chi connectivity index (χ0) is 14.5. The topological polar surface area (TPSA) is 72.2 Å². The molecule has 5 nitrogen and oxygen atoms in total. The number of rotatable bonds is 4. The van der Waals surface area contributed by atoms with E-state index >= 15 is 0 Å². The van der Waals surface area contributed by atoms with E-state index in [1.165, 1.54) is 18.2 Å². The maximum Gasteiger partial charge on any atom is 0.288 e. The molecule has 20 heavy (non-hydrogen) atoms. The third-order valence-electron chi connectivity index (χ3n) is 2.79. The fraction of sp³-hybridized carbons (Fsp3) is 0.417. The highest BCUT2D eigenvalue weighted by Gasteiger charge is 2.21. The molecule has 1 saturated heterocycles. The summed E-state index contributed by atoms with van der Waals surface area (Å²) in [4.78, 5) is 22.2. The largest absolute Gasteiger partial charge is 0.351 e. The molecule has 0 bridgehead atoms. The minimum Gasteiger partial charge on any atom is -0.351 e. The van der Waals surface area contributed by atoms with Crippen LogP contribution in [0.5, 0.6) is 0 Å². The number of nitrogens with zero attached hydrogens (tertiary/aromatic N) is 1. The van der Waals surface area contributed by atoms with E-state index in [0.29, 0.717) is 11.8 Å². The Balaban J connectivity index is 2.01. The van der Waals surface area contributed by atoms with Crippen molar-refractivity contribution in [2.24, 2.45) is 0 Å². The SMILES string of the molecule is O=C(NCC1CSCCS1)c1cccc([N+](=O)[O-])c1Cl. The number of hydrogen-bond acceptors (Lipinski definition) is 5. The van der Waals surface area contributed by atoms with E-state index in [1.807, 2.05) is 23.5 Å². The second-order valence-corrected chi connectivity index (χ2v) is 7.11. The van der Waals surface area contributed by atoms with Gasteiger partial charge < -0.3 is 5.32 Å². The fourth-order valence-electron chi connectivity index (χ4n) is 1.79. The van der Waals surface area contributed by atoms with Crippen molar-refractivity contribution in [3.8, 4) is 0 Å². The van der Waals surface area contributed by atoms with Crippen LogP contribution in [-0.4, -0.2) is 39.9 Å². The monoisotopic (exact) mass is 332 g/mol. The first kappa shape index (κ1) is 15.5. The van der Waals surface area contributed by atoms with E-state index in [4.69, 9.17) is 11.6 Å². The van der Waals surface area contributed by atoms with Crippen LogP contribution >= 0.6 is 35.1 Å². The van der Waals surface area contributed by atoms with Crippen molar-refractivity contribution in [3.05, 3.63) is 38.9 Å². The highest BCUT2D eigenvalue weighted by Crippen LogP contribution is 2.28. The normalized spacial score (nSPS) is 18.6. The van der Waals surface area contributed by atoms with Gasteiger partial charge in [-0.25, -0.2) is 0 Å². The molecule has 0 aliphatic carbocycles. The molecular weight excluding hydrogens is 320 g/mol. The molecule has 8 heteroatoms. The van der Waals surface area contributed by atoms with Crippen LogP contribution in [0.3, 0.4) is 0 Å². The van der Waals surface area contributed by atoms with Crippen molar-refractivity contribution in [1.82, 2.24) is 5.32 Å². The zero-order valence-electron chi connectivity index (χ0n) is 10.5. The molecule has 1 aliphatic heterocycles. The molecule has 1 fully saturated rings. The number of nitrogens with one attached hydrogen (secondary N) is 1. The van der Waals surface area contributed by atoms with Gasteiger partial charge in [0.15, 0.2) is 0 Å². The molecule has 0 saturated carbocycles. The van der Waals surface area contributed by atoms with Crippen molar-refractivity contribution in [1.29, 1.82) is 0 Å². The van der Waals surface area contributed by atoms with E-state index in [1.54, 1.807) is 0 Å². The Bertz CT molecular complexity index is 521. The maximum absolute atomic E-state index is 12.0. The van der Waals surface area contributed by atoms with Crippen LogP contribution < -0.4 is 5.32 Å². The zero-order valence-corrected chi connectivity index (χ0v) is 12.9. The number of nitro groups is 1. The second-order valence-electron chi connectivity index (χ2n) is 4.17. The molecule has 0 radical (unpaired) electrons. The lowest BCUT2D eigenvalue weighted by molar-refractivity contribution is -0.384. The molecule has 1 unspecified atom stereocenters. The molecule has 1 aliphatic rings. The minimum absolute atomic E-state index is 0.110. The van der Waals surface area contributed by atoms with Crippen molar-refractivity contribution in [2.45, 2.75) is 5.25 Å². The number of hydrogen-bond donors (Lipinski definition) is 1. The summed E-state index contributed by atoms with van der Waals surface area (Å²) in [5, 5.41) is 13.9. The van der Waals surface area contributed by atoms with Gasteiger partial charge in [0.25, 0.3) is 11.6 Å². The highest BCUT2D eigenvalue weighted by molar-refractivity contribution is 8.06. The summed E-state index contributed by atoms with van der Waals surface area (Å²) in [6.45, 7) is 0.551. The molecule has 1 heterocycles. The third kappa shape index (κ3) is 3.80. The number of amides is 1. The van der Waals surface area contributed by atoms with Crippen LogP contribution in [0.4, 0.5) is 5.69 Å². The predicted octanol–water partition coefficient (Wildman–Crippen LogP) is 2.83. The van der Waals surface area contributed by atoms with Crippen molar-refractivity contribution in [3.63, 3.8) is 0 Å². The predicted molar refractivity (Wildman–Crippen MR) is 84.0 cm³/mol. The van der Waals surface area contributed by atoms with Gasteiger partial charge in [-0.1, -0.05) is 17.7 Å². The fourth-order valence-corrected chi connectivity index (χ4v) is 4.68. The molecule has 1 atom stereocenters. The number of carbonyl (C=O) groups is 1. The summed E-state index contributed by atoms with van der Waals surface area (Å²) in [7, 11) is 0. The Morgan fingerprint density at radius 2 is 2.30 bits per heavy atom. The van der Waals surface area contributed by atoms with Gasteiger partial charge in [-0.3, -0.25) is 14.9 Å². The molecule has 1 aromatic rings. The van der Waals surface area contributed by atoms with Gasteiger partial charge >= 0.3 is 0 Å².